The molecule has 1 aromatic carbocycles. The number of amides is 2. The zero-order valence-electron chi connectivity index (χ0n) is 15.8. The second kappa shape index (κ2) is 9.94. The summed E-state index contributed by atoms with van der Waals surface area (Å²) < 4.78 is 22.5. The maximum absolute atomic E-state index is 12.0. The smallest absolute Gasteiger partial charge is 0.267 e. The number of thiazole rings is 1. The molecule has 0 aliphatic carbocycles. The normalized spacial score (nSPS) is 11.2. The number of rotatable bonds is 9. The van der Waals surface area contributed by atoms with E-state index in [2.05, 4.69) is 15.6 Å². The molecular weight excluding hydrogens is 444 g/mol. The molecule has 11 heteroatoms. The van der Waals surface area contributed by atoms with Crippen LogP contribution in [0.4, 0.5) is 5.13 Å². The molecule has 0 radical (unpaired) electrons. The van der Waals surface area contributed by atoms with Gasteiger partial charge in [0, 0.05) is 18.3 Å². The molecule has 0 saturated heterocycles. The van der Waals surface area contributed by atoms with Crippen molar-refractivity contribution in [2.24, 2.45) is 5.14 Å². The van der Waals surface area contributed by atoms with Crippen LogP contribution in [0.2, 0.25) is 0 Å². The molecule has 2 aromatic heterocycles. The first-order valence-corrected chi connectivity index (χ1v) is 12.3. The molecule has 0 saturated carbocycles. The van der Waals surface area contributed by atoms with Gasteiger partial charge in [0.1, 0.15) is 0 Å². The Morgan fingerprint density at radius 2 is 1.83 bits per heavy atom. The minimum Gasteiger partial charge on any atom is -0.356 e. The molecule has 3 rings (SSSR count). The lowest BCUT2D eigenvalue weighted by atomic mass is 10.1. The van der Waals surface area contributed by atoms with Gasteiger partial charge < -0.3 is 5.32 Å². The van der Waals surface area contributed by atoms with Crippen molar-refractivity contribution in [3.63, 3.8) is 0 Å². The SMILES string of the molecule is NS(=O)(=O)c1ccc(CCNC(=O)CCc2csc(NC(=O)c3cccs3)n2)cc1. The van der Waals surface area contributed by atoms with Crippen LogP contribution in [0.3, 0.4) is 0 Å². The van der Waals surface area contributed by atoms with Crippen LogP contribution in [-0.2, 0) is 27.7 Å². The fourth-order valence-corrected chi connectivity index (χ4v) is 4.44. The third-order valence-electron chi connectivity index (χ3n) is 4.11. The summed E-state index contributed by atoms with van der Waals surface area (Å²) in [6.07, 6.45) is 1.33. The van der Waals surface area contributed by atoms with Crippen LogP contribution >= 0.6 is 22.7 Å². The van der Waals surface area contributed by atoms with Crippen LogP contribution in [0, 0.1) is 0 Å². The molecule has 3 aromatic rings. The summed E-state index contributed by atoms with van der Waals surface area (Å²) in [5.41, 5.74) is 1.64. The molecule has 158 valence electrons. The molecular formula is C19H20N4O4S3. The Balaban J connectivity index is 1.39. The molecule has 0 spiro atoms. The van der Waals surface area contributed by atoms with Crippen molar-refractivity contribution >= 4 is 49.6 Å². The number of aromatic nitrogens is 1. The van der Waals surface area contributed by atoms with Gasteiger partial charge in [-0.15, -0.1) is 22.7 Å². The highest BCUT2D eigenvalue weighted by Crippen LogP contribution is 2.19. The third kappa shape index (κ3) is 6.46. The van der Waals surface area contributed by atoms with Gasteiger partial charge in [-0.05, 0) is 42.0 Å². The Morgan fingerprint density at radius 3 is 2.50 bits per heavy atom. The molecule has 0 aliphatic heterocycles. The minimum atomic E-state index is -3.70. The van der Waals surface area contributed by atoms with Crippen molar-refractivity contribution < 1.29 is 18.0 Å². The number of nitrogens with two attached hydrogens (primary N) is 1. The van der Waals surface area contributed by atoms with Crippen LogP contribution in [0.1, 0.15) is 27.3 Å². The van der Waals surface area contributed by atoms with Gasteiger partial charge in [-0.3, -0.25) is 14.9 Å². The zero-order chi connectivity index (χ0) is 21.6. The highest BCUT2D eigenvalue weighted by molar-refractivity contribution is 7.89. The van der Waals surface area contributed by atoms with E-state index in [1.165, 1.54) is 34.8 Å². The lowest BCUT2D eigenvalue weighted by Gasteiger charge is -2.06. The van der Waals surface area contributed by atoms with Gasteiger partial charge in [0.05, 0.1) is 15.5 Å². The summed E-state index contributed by atoms with van der Waals surface area (Å²) in [6, 6.07) is 9.80. The molecule has 0 fully saturated rings. The van der Waals surface area contributed by atoms with Crippen molar-refractivity contribution in [1.82, 2.24) is 10.3 Å². The van der Waals surface area contributed by atoms with E-state index in [1.54, 1.807) is 18.2 Å². The number of thiophene rings is 1. The van der Waals surface area contributed by atoms with Gasteiger partial charge in [0.15, 0.2) is 5.13 Å². The Morgan fingerprint density at radius 1 is 1.07 bits per heavy atom. The minimum absolute atomic E-state index is 0.0597. The lowest BCUT2D eigenvalue weighted by molar-refractivity contribution is -0.121. The van der Waals surface area contributed by atoms with E-state index in [9.17, 15) is 18.0 Å². The summed E-state index contributed by atoms with van der Waals surface area (Å²) in [6.45, 7) is 0.437. The fraction of sp³-hybridized carbons (Fsp3) is 0.211. The highest BCUT2D eigenvalue weighted by Gasteiger charge is 2.11. The molecule has 2 amide bonds. The second-order valence-corrected chi connectivity index (χ2v) is 9.73. The Hall–Kier alpha value is -2.60. The van der Waals surface area contributed by atoms with Gasteiger partial charge in [0.2, 0.25) is 15.9 Å². The van der Waals surface area contributed by atoms with Crippen molar-refractivity contribution in [2.75, 3.05) is 11.9 Å². The molecule has 0 aliphatic rings. The van der Waals surface area contributed by atoms with Crippen molar-refractivity contribution in [1.29, 1.82) is 0 Å². The summed E-state index contributed by atoms with van der Waals surface area (Å²) in [7, 11) is -3.70. The monoisotopic (exact) mass is 464 g/mol. The summed E-state index contributed by atoms with van der Waals surface area (Å²) in [5, 5.41) is 14.8. The quantitative estimate of drug-likeness (QED) is 0.447. The first kappa shape index (κ1) is 22.1. The molecule has 2 heterocycles. The summed E-state index contributed by atoms with van der Waals surface area (Å²) >= 11 is 2.68. The van der Waals surface area contributed by atoms with E-state index >= 15 is 0 Å². The van der Waals surface area contributed by atoms with Crippen molar-refractivity contribution in [3.8, 4) is 0 Å². The first-order valence-electron chi connectivity index (χ1n) is 8.99. The van der Waals surface area contributed by atoms with E-state index < -0.39 is 10.0 Å². The number of hydrogen-bond acceptors (Lipinski definition) is 7. The van der Waals surface area contributed by atoms with Gasteiger partial charge in [0.25, 0.3) is 5.91 Å². The topological polar surface area (TPSA) is 131 Å². The second-order valence-electron chi connectivity index (χ2n) is 6.36. The Kier molecular flexibility index (Phi) is 7.32. The number of anilines is 1. The van der Waals surface area contributed by atoms with Crippen LogP contribution < -0.4 is 15.8 Å². The third-order valence-corrected chi connectivity index (χ3v) is 6.72. The van der Waals surface area contributed by atoms with Gasteiger partial charge >= 0.3 is 0 Å². The Bertz CT molecular complexity index is 1110. The number of hydrogen-bond donors (Lipinski definition) is 3. The molecule has 0 atom stereocenters. The van der Waals surface area contributed by atoms with E-state index in [4.69, 9.17) is 5.14 Å². The molecule has 0 unspecified atom stereocenters. The van der Waals surface area contributed by atoms with Gasteiger partial charge in [-0.25, -0.2) is 18.5 Å². The van der Waals surface area contributed by atoms with Crippen LogP contribution in [0.25, 0.3) is 0 Å². The number of carbonyl (C=O) groups is 2. The molecule has 0 bridgehead atoms. The number of carbonyl (C=O) groups excluding carboxylic acids is 2. The van der Waals surface area contributed by atoms with E-state index in [-0.39, 0.29) is 23.1 Å². The van der Waals surface area contributed by atoms with Gasteiger partial charge in [-0.1, -0.05) is 18.2 Å². The number of nitrogens with zero attached hydrogens (tertiary/aromatic N) is 1. The van der Waals surface area contributed by atoms with Crippen LogP contribution in [0.15, 0.2) is 52.1 Å². The first-order chi connectivity index (χ1) is 14.3. The highest BCUT2D eigenvalue weighted by atomic mass is 32.2. The average molecular weight is 465 g/mol. The van der Waals surface area contributed by atoms with E-state index in [0.29, 0.717) is 29.4 Å². The van der Waals surface area contributed by atoms with Gasteiger partial charge in [-0.2, -0.15) is 0 Å². The number of primary sulfonamides is 1. The Labute approximate surface area is 182 Å². The average Bonchev–Trinajstić information content (AvgIpc) is 3.38. The van der Waals surface area contributed by atoms with Crippen LogP contribution in [-0.4, -0.2) is 31.8 Å². The standard InChI is InChI=1S/C19H20N4O4S3/c20-30(26,27)15-6-3-13(4-7-15)9-10-21-17(24)8-5-14-12-29-19(22-14)23-18(25)16-2-1-11-28-16/h1-4,6-7,11-12H,5,8-10H2,(H,21,24)(H2,20,26,27)(H,22,23,25). The lowest BCUT2D eigenvalue weighted by Crippen LogP contribution is -2.25. The largest absolute Gasteiger partial charge is 0.356 e. The summed E-state index contributed by atoms with van der Waals surface area (Å²) in [5.74, 6) is -0.297. The van der Waals surface area contributed by atoms with Crippen molar-refractivity contribution in [3.05, 3.63) is 63.3 Å². The number of benzene rings is 1. The zero-order valence-corrected chi connectivity index (χ0v) is 18.3. The number of nitrogens with one attached hydrogen (secondary N) is 2. The molecule has 8 nitrogen and oxygen atoms in total. The predicted octanol–water partition coefficient (Wildman–Crippen LogP) is 2.40. The maximum atomic E-state index is 12.0. The van der Waals surface area contributed by atoms with E-state index in [1.807, 2.05) is 16.8 Å². The summed E-state index contributed by atoms with van der Waals surface area (Å²) in [4.78, 5) is 29.1. The molecule has 4 N–H and O–H groups in total. The number of sulfonamides is 1. The number of aryl methyl sites for hydroxylation is 1. The molecule has 30 heavy (non-hydrogen) atoms. The van der Waals surface area contributed by atoms with Crippen molar-refractivity contribution in [2.45, 2.75) is 24.2 Å². The fourth-order valence-electron chi connectivity index (χ4n) is 2.57. The van der Waals surface area contributed by atoms with Crippen LogP contribution in [0.5, 0.6) is 0 Å². The van der Waals surface area contributed by atoms with E-state index in [0.717, 1.165) is 11.3 Å². The predicted molar refractivity (Wildman–Crippen MR) is 117 cm³/mol. The maximum Gasteiger partial charge on any atom is 0.267 e.